The second-order valence-corrected chi connectivity index (χ2v) is 5.98. The fraction of sp³-hybridized carbons (Fsp3) is 0. The smallest absolute Gasteiger partial charge is 0.186 e. The molecule has 0 aliphatic carbocycles. The highest BCUT2D eigenvalue weighted by atomic mass is 35.5. The lowest BCUT2D eigenvalue weighted by molar-refractivity contribution is 0.437. The molecule has 0 spiro atoms. The van der Waals surface area contributed by atoms with Crippen LogP contribution in [0.2, 0.25) is 9.36 Å². The van der Waals surface area contributed by atoms with Crippen molar-refractivity contribution in [1.29, 1.82) is 0 Å². The van der Waals surface area contributed by atoms with Crippen LogP contribution >= 0.6 is 34.5 Å². The summed E-state index contributed by atoms with van der Waals surface area (Å²) in [5.74, 6) is 0.898. The monoisotopic (exact) mass is 310 g/mol. The summed E-state index contributed by atoms with van der Waals surface area (Å²) in [4.78, 5) is 0.865. The minimum absolute atomic E-state index is 0.313. The fourth-order valence-electron chi connectivity index (χ4n) is 1.83. The van der Waals surface area contributed by atoms with Gasteiger partial charge in [-0.3, -0.25) is 0 Å². The molecule has 0 radical (unpaired) electrons. The van der Waals surface area contributed by atoms with E-state index in [0.29, 0.717) is 26.5 Å². The number of nitrogens with two attached hydrogens (primary N) is 1. The minimum atomic E-state index is 0.313. The van der Waals surface area contributed by atoms with E-state index in [-0.39, 0.29) is 0 Å². The van der Waals surface area contributed by atoms with Crippen LogP contribution in [0.25, 0.3) is 21.8 Å². The Kier molecular flexibility index (Phi) is 3.22. The lowest BCUT2D eigenvalue weighted by Crippen LogP contribution is -1.89. The van der Waals surface area contributed by atoms with E-state index in [9.17, 15) is 0 Å². The molecule has 0 saturated carbocycles. The zero-order valence-electron chi connectivity index (χ0n) is 9.56. The first-order valence-corrected chi connectivity index (χ1v) is 7.00. The van der Waals surface area contributed by atoms with Crippen molar-refractivity contribution in [2.24, 2.45) is 0 Å². The van der Waals surface area contributed by atoms with Gasteiger partial charge in [-0.1, -0.05) is 46.6 Å². The molecular weight excluding hydrogens is 303 g/mol. The first-order chi connectivity index (χ1) is 9.16. The number of nitrogen functional groups attached to an aromatic ring is 1. The Hall–Kier alpha value is -1.49. The van der Waals surface area contributed by atoms with Gasteiger partial charge < -0.3 is 10.3 Å². The zero-order chi connectivity index (χ0) is 13.4. The van der Waals surface area contributed by atoms with E-state index in [4.69, 9.17) is 33.5 Å². The van der Waals surface area contributed by atoms with Crippen LogP contribution in [0.3, 0.4) is 0 Å². The van der Waals surface area contributed by atoms with Gasteiger partial charge in [0.05, 0.1) is 14.8 Å². The number of benzene rings is 1. The highest BCUT2D eigenvalue weighted by Crippen LogP contribution is 2.42. The molecule has 2 aromatic heterocycles. The predicted molar refractivity (Wildman–Crippen MR) is 79.7 cm³/mol. The van der Waals surface area contributed by atoms with E-state index in [1.807, 2.05) is 24.3 Å². The molecule has 96 valence electrons. The summed E-state index contributed by atoms with van der Waals surface area (Å²) >= 11 is 13.6. The molecule has 0 atom stereocenters. The molecule has 0 amide bonds. The third kappa shape index (κ3) is 2.23. The Morgan fingerprint density at radius 1 is 1.11 bits per heavy atom. The molecule has 0 fully saturated rings. The molecule has 0 unspecified atom stereocenters. The summed E-state index contributed by atoms with van der Waals surface area (Å²) in [6.07, 6.45) is 0. The largest absolute Gasteiger partial charge is 0.380 e. The van der Waals surface area contributed by atoms with Crippen molar-refractivity contribution >= 4 is 40.4 Å². The maximum Gasteiger partial charge on any atom is 0.186 e. The first kappa shape index (κ1) is 12.5. The molecule has 3 aromatic rings. The fourth-order valence-corrected chi connectivity index (χ4v) is 3.09. The van der Waals surface area contributed by atoms with Crippen molar-refractivity contribution in [3.63, 3.8) is 0 Å². The van der Waals surface area contributed by atoms with E-state index in [1.54, 1.807) is 12.1 Å². The van der Waals surface area contributed by atoms with Gasteiger partial charge >= 0.3 is 0 Å². The SMILES string of the molecule is Nc1noc(-c2ccc(Cl)s2)c1-c1ccccc1Cl. The third-order valence-corrected chi connectivity index (χ3v) is 4.22. The average Bonchev–Trinajstić information content (AvgIpc) is 2.96. The number of thiophene rings is 1. The van der Waals surface area contributed by atoms with Crippen LogP contribution in [-0.2, 0) is 0 Å². The number of rotatable bonds is 2. The molecule has 2 N–H and O–H groups in total. The Balaban J connectivity index is 2.22. The van der Waals surface area contributed by atoms with Gasteiger partial charge in [0, 0.05) is 10.6 Å². The van der Waals surface area contributed by atoms with Crippen molar-refractivity contribution in [3.05, 3.63) is 45.8 Å². The second-order valence-electron chi connectivity index (χ2n) is 3.86. The molecule has 6 heteroatoms. The lowest BCUT2D eigenvalue weighted by atomic mass is 10.1. The average molecular weight is 311 g/mol. The number of nitrogens with zero attached hydrogens (tertiary/aromatic N) is 1. The van der Waals surface area contributed by atoms with E-state index < -0.39 is 0 Å². The molecule has 0 aliphatic heterocycles. The van der Waals surface area contributed by atoms with Crippen LogP contribution in [0.4, 0.5) is 5.82 Å². The van der Waals surface area contributed by atoms with Gasteiger partial charge in [-0.15, -0.1) is 11.3 Å². The number of halogens is 2. The van der Waals surface area contributed by atoms with Crippen LogP contribution in [0.5, 0.6) is 0 Å². The predicted octanol–water partition coefficient (Wildman–Crippen LogP) is 4.96. The van der Waals surface area contributed by atoms with Gasteiger partial charge in [0.15, 0.2) is 11.6 Å². The van der Waals surface area contributed by atoms with Crippen molar-refractivity contribution in [2.45, 2.75) is 0 Å². The van der Waals surface area contributed by atoms with E-state index in [0.717, 1.165) is 10.4 Å². The first-order valence-electron chi connectivity index (χ1n) is 5.42. The maximum atomic E-state index is 6.20. The molecular formula is C13H8Cl2N2OS. The molecule has 2 heterocycles. The van der Waals surface area contributed by atoms with Crippen molar-refractivity contribution < 1.29 is 4.52 Å². The summed E-state index contributed by atoms with van der Waals surface area (Å²) < 4.78 is 6.00. The molecule has 0 bridgehead atoms. The Labute approximate surface area is 123 Å². The second kappa shape index (κ2) is 4.89. The van der Waals surface area contributed by atoms with Crippen molar-refractivity contribution in [1.82, 2.24) is 5.16 Å². The van der Waals surface area contributed by atoms with Crippen LogP contribution in [0, 0.1) is 0 Å². The maximum absolute atomic E-state index is 6.20. The van der Waals surface area contributed by atoms with Crippen LogP contribution in [0.15, 0.2) is 40.9 Å². The molecule has 19 heavy (non-hydrogen) atoms. The van der Waals surface area contributed by atoms with Crippen LogP contribution in [-0.4, -0.2) is 5.16 Å². The number of hydrogen-bond acceptors (Lipinski definition) is 4. The van der Waals surface area contributed by atoms with Crippen molar-refractivity contribution in [3.8, 4) is 21.8 Å². The number of hydrogen-bond donors (Lipinski definition) is 1. The molecule has 0 saturated heterocycles. The topological polar surface area (TPSA) is 52.0 Å². The summed E-state index contributed by atoms with van der Waals surface area (Å²) in [5, 5.41) is 4.43. The highest BCUT2D eigenvalue weighted by Gasteiger charge is 2.20. The summed E-state index contributed by atoms with van der Waals surface area (Å²) in [6.45, 7) is 0. The van der Waals surface area contributed by atoms with Crippen LogP contribution < -0.4 is 5.73 Å². The zero-order valence-corrected chi connectivity index (χ0v) is 11.9. The Morgan fingerprint density at radius 2 is 1.89 bits per heavy atom. The van der Waals surface area contributed by atoms with Gasteiger partial charge in [0.25, 0.3) is 0 Å². The quantitative estimate of drug-likeness (QED) is 0.728. The van der Waals surface area contributed by atoms with E-state index in [2.05, 4.69) is 5.16 Å². The van der Waals surface area contributed by atoms with Gasteiger partial charge in [0.1, 0.15) is 0 Å². The van der Waals surface area contributed by atoms with Crippen molar-refractivity contribution in [2.75, 3.05) is 5.73 Å². The lowest BCUT2D eigenvalue weighted by Gasteiger charge is -2.03. The number of anilines is 1. The normalized spacial score (nSPS) is 10.8. The van der Waals surface area contributed by atoms with E-state index >= 15 is 0 Å². The third-order valence-electron chi connectivity index (χ3n) is 2.66. The standard InChI is InChI=1S/C13H8Cl2N2OS/c14-8-4-2-1-3-7(8)11-12(18-17-13(11)16)9-5-6-10(15)19-9/h1-6H,(H2,16,17). The highest BCUT2D eigenvalue weighted by molar-refractivity contribution is 7.19. The summed E-state index contributed by atoms with van der Waals surface area (Å²) in [5.41, 5.74) is 7.39. The van der Waals surface area contributed by atoms with Crippen LogP contribution in [0.1, 0.15) is 0 Å². The summed E-state index contributed by atoms with van der Waals surface area (Å²) in [7, 11) is 0. The summed E-state index contributed by atoms with van der Waals surface area (Å²) in [6, 6.07) is 11.1. The Morgan fingerprint density at radius 3 is 2.58 bits per heavy atom. The minimum Gasteiger partial charge on any atom is -0.380 e. The van der Waals surface area contributed by atoms with Gasteiger partial charge in [-0.2, -0.15) is 0 Å². The molecule has 3 nitrogen and oxygen atoms in total. The number of aromatic nitrogens is 1. The van der Waals surface area contributed by atoms with E-state index in [1.165, 1.54) is 11.3 Å². The van der Waals surface area contributed by atoms with Gasteiger partial charge in [-0.25, -0.2) is 0 Å². The molecule has 3 rings (SSSR count). The Bertz CT molecular complexity index is 736. The van der Waals surface area contributed by atoms with Gasteiger partial charge in [0.2, 0.25) is 0 Å². The molecule has 0 aliphatic rings. The molecule has 1 aromatic carbocycles. The van der Waals surface area contributed by atoms with Gasteiger partial charge in [-0.05, 0) is 18.2 Å².